The predicted molar refractivity (Wildman–Crippen MR) is 64.6 cm³/mol. The van der Waals surface area contributed by atoms with Gasteiger partial charge >= 0.3 is 0 Å². The van der Waals surface area contributed by atoms with Gasteiger partial charge in [0.25, 0.3) is 5.89 Å². The molecule has 2 aromatic rings. The average molecular weight is 229 g/mol. The molecule has 1 unspecified atom stereocenters. The van der Waals surface area contributed by atoms with E-state index >= 15 is 0 Å². The highest BCUT2D eigenvalue weighted by molar-refractivity contribution is 5.52. The highest BCUT2D eigenvalue weighted by atomic mass is 16.5. The molecule has 2 heterocycles. The summed E-state index contributed by atoms with van der Waals surface area (Å²) in [5.74, 6) is 1.84. The summed E-state index contributed by atoms with van der Waals surface area (Å²) in [6.07, 6.45) is 2.32. The van der Waals surface area contributed by atoms with E-state index in [4.69, 9.17) is 4.52 Å². The number of piperidine rings is 1. The van der Waals surface area contributed by atoms with Gasteiger partial charge in [-0.25, -0.2) is 0 Å². The second kappa shape index (κ2) is 4.67. The SMILES string of the molecule is c1ccc(-c2nc(C3CCCNC3)no2)cc1. The van der Waals surface area contributed by atoms with E-state index in [0.29, 0.717) is 11.8 Å². The Hall–Kier alpha value is -1.68. The Morgan fingerprint density at radius 1 is 1.24 bits per heavy atom. The summed E-state index contributed by atoms with van der Waals surface area (Å²) in [5.41, 5.74) is 0.981. The summed E-state index contributed by atoms with van der Waals surface area (Å²) < 4.78 is 5.32. The van der Waals surface area contributed by atoms with Crippen LogP contribution in [0.1, 0.15) is 24.6 Å². The minimum atomic E-state index is 0.393. The van der Waals surface area contributed by atoms with E-state index in [9.17, 15) is 0 Å². The van der Waals surface area contributed by atoms with Crippen molar-refractivity contribution in [3.8, 4) is 11.5 Å². The molecule has 0 saturated carbocycles. The minimum absolute atomic E-state index is 0.393. The van der Waals surface area contributed by atoms with Crippen LogP contribution in [0.4, 0.5) is 0 Å². The molecule has 1 N–H and O–H groups in total. The third-order valence-electron chi connectivity index (χ3n) is 3.12. The van der Waals surface area contributed by atoms with Crippen LogP contribution in [0.15, 0.2) is 34.9 Å². The summed E-state index contributed by atoms with van der Waals surface area (Å²) in [5, 5.41) is 7.45. The van der Waals surface area contributed by atoms with E-state index in [2.05, 4.69) is 15.5 Å². The first kappa shape index (κ1) is 10.5. The molecule has 1 atom stereocenters. The molecule has 3 rings (SSSR count). The number of hydrogen-bond donors (Lipinski definition) is 1. The molecule has 1 aliphatic rings. The average Bonchev–Trinajstić information content (AvgIpc) is 2.90. The Labute approximate surface area is 100 Å². The maximum absolute atomic E-state index is 5.32. The maximum Gasteiger partial charge on any atom is 0.257 e. The van der Waals surface area contributed by atoms with Gasteiger partial charge in [0.05, 0.1) is 0 Å². The molecule has 1 saturated heterocycles. The van der Waals surface area contributed by atoms with Gasteiger partial charge in [-0.3, -0.25) is 0 Å². The molecule has 0 amide bonds. The zero-order valence-corrected chi connectivity index (χ0v) is 9.60. The molecule has 0 radical (unpaired) electrons. The first-order chi connectivity index (χ1) is 8.43. The third kappa shape index (κ3) is 2.22. The topological polar surface area (TPSA) is 51.0 Å². The zero-order valence-electron chi connectivity index (χ0n) is 9.60. The van der Waals surface area contributed by atoms with Crippen molar-refractivity contribution in [1.82, 2.24) is 15.5 Å². The van der Waals surface area contributed by atoms with Crippen molar-refractivity contribution >= 4 is 0 Å². The molecule has 4 nitrogen and oxygen atoms in total. The molecule has 17 heavy (non-hydrogen) atoms. The van der Waals surface area contributed by atoms with Crippen molar-refractivity contribution in [2.75, 3.05) is 13.1 Å². The number of aromatic nitrogens is 2. The lowest BCUT2D eigenvalue weighted by molar-refractivity contribution is 0.393. The summed E-state index contributed by atoms with van der Waals surface area (Å²) in [6, 6.07) is 9.89. The number of rotatable bonds is 2. The predicted octanol–water partition coefficient (Wildman–Crippen LogP) is 2.20. The van der Waals surface area contributed by atoms with Crippen LogP contribution in [0.3, 0.4) is 0 Å². The van der Waals surface area contributed by atoms with Crippen LogP contribution < -0.4 is 5.32 Å². The molecule has 0 aliphatic carbocycles. The number of benzene rings is 1. The molecular formula is C13H15N3O. The van der Waals surface area contributed by atoms with Crippen molar-refractivity contribution < 1.29 is 4.52 Å². The molecule has 88 valence electrons. The first-order valence-corrected chi connectivity index (χ1v) is 6.03. The van der Waals surface area contributed by atoms with Crippen molar-refractivity contribution in [3.63, 3.8) is 0 Å². The Morgan fingerprint density at radius 2 is 2.12 bits per heavy atom. The van der Waals surface area contributed by atoms with E-state index < -0.39 is 0 Å². The van der Waals surface area contributed by atoms with Crippen LogP contribution in [0, 0.1) is 0 Å². The van der Waals surface area contributed by atoms with Crippen LogP contribution in [0.5, 0.6) is 0 Å². The van der Waals surface area contributed by atoms with Crippen molar-refractivity contribution in [1.29, 1.82) is 0 Å². The highest BCUT2D eigenvalue weighted by Gasteiger charge is 2.20. The fourth-order valence-electron chi connectivity index (χ4n) is 2.17. The monoisotopic (exact) mass is 229 g/mol. The van der Waals surface area contributed by atoms with Crippen molar-refractivity contribution in [2.24, 2.45) is 0 Å². The molecule has 4 heteroatoms. The van der Waals surface area contributed by atoms with Gasteiger partial charge in [0, 0.05) is 18.0 Å². The lowest BCUT2D eigenvalue weighted by Gasteiger charge is -2.19. The van der Waals surface area contributed by atoms with Gasteiger partial charge in [-0.15, -0.1) is 0 Å². The van der Waals surface area contributed by atoms with Gasteiger partial charge < -0.3 is 9.84 Å². The van der Waals surface area contributed by atoms with Gasteiger partial charge in [-0.1, -0.05) is 23.4 Å². The number of nitrogens with zero attached hydrogens (tertiary/aromatic N) is 2. The zero-order chi connectivity index (χ0) is 11.5. The van der Waals surface area contributed by atoms with Crippen molar-refractivity contribution in [3.05, 3.63) is 36.2 Å². The van der Waals surface area contributed by atoms with Gasteiger partial charge in [0.2, 0.25) is 0 Å². The molecule has 1 aliphatic heterocycles. The fraction of sp³-hybridized carbons (Fsp3) is 0.385. The van der Waals surface area contributed by atoms with E-state index in [1.165, 1.54) is 6.42 Å². The fourth-order valence-corrected chi connectivity index (χ4v) is 2.17. The quantitative estimate of drug-likeness (QED) is 0.857. The van der Waals surface area contributed by atoms with E-state index in [1.54, 1.807) is 0 Å². The lowest BCUT2D eigenvalue weighted by Crippen LogP contribution is -2.28. The Bertz CT molecular complexity index is 474. The third-order valence-corrected chi connectivity index (χ3v) is 3.12. The minimum Gasteiger partial charge on any atom is -0.334 e. The van der Waals surface area contributed by atoms with Crippen LogP contribution in [-0.2, 0) is 0 Å². The second-order valence-corrected chi connectivity index (χ2v) is 4.37. The number of nitrogens with one attached hydrogen (secondary N) is 1. The van der Waals surface area contributed by atoms with Crippen molar-refractivity contribution in [2.45, 2.75) is 18.8 Å². The van der Waals surface area contributed by atoms with Crippen LogP contribution in [0.2, 0.25) is 0 Å². The van der Waals surface area contributed by atoms with Gasteiger partial charge in [-0.05, 0) is 31.5 Å². The summed E-state index contributed by atoms with van der Waals surface area (Å²) in [7, 11) is 0. The molecular weight excluding hydrogens is 214 g/mol. The number of hydrogen-bond acceptors (Lipinski definition) is 4. The normalized spacial score (nSPS) is 20.4. The second-order valence-electron chi connectivity index (χ2n) is 4.37. The smallest absolute Gasteiger partial charge is 0.257 e. The maximum atomic E-state index is 5.32. The summed E-state index contributed by atoms with van der Waals surface area (Å²) in [4.78, 5) is 4.49. The molecule has 0 spiro atoms. The molecule has 1 aromatic carbocycles. The molecule has 0 bridgehead atoms. The van der Waals surface area contributed by atoms with E-state index in [-0.39, 0.29) is 0 Å². The standard InChI is InChI=1S/C13H15N3O/c1-2-5-10(6-3-1)13-15-12(16-17-13)11-7-4-8-14-9-11/h1-3,5-6,11,14H,4,7-9H2. The Balaban J connectivity index is 1.83. The first-order valence-electron chi connectivity index (χ1n) is 6.03. The van der Waals surface area contributed by atoms with Crippen LogP contribution >= 0.6 is 0 Å². The lowest BCUT2D eigenvalue weighted by atomic mass is 9.99. The van der Waals surface area contributed by atoms with Gasteiger partial charge in [0.15, 0.2) is 5.82 Å². The van der Waals surface area contributed by atoms with Crippen LogP contribution in [-0.4, -0.2) is 23.2 Å². The Kier molecular flexibility index (Phi) is 2.88. The van der Waals surface area contributed by atoms with E-state index in [1.807, 2.05) is 30.3 Å². The molecule has 1 fully saturated rings. The largest absolute Gasteiger partial charge is 0.334 e. The van der Waals surface area contributed by atoms with Gasteiger partial charge in [0.1, 0.15) is 0 Å². The van der Waals surface area contributed by atoms with Crippen LogP contribution in [0.25, 0.3) is 11.5 Å². The van der Waals surface area contributed by atoms with E-state index in [0.717, 1.165) is 30.9 Å². The van der Waals surface area contributed by atoms with Gasteiger partial charge in [-0.2, -0.15) is 4.98 Å². The molecule has 1 aromatic heterocycles. The Morgan fingerprint density at radius 3 is 2.88 bits per heavy atom. The summed E-state index contributed by atoms with van der Waals surface area (Å²) >= 11 is 0. The highest BCUT2D eigenvalue weighted by Crippen LogP contribution is 2.23. The summed E-state index contributed by atoms with van der Waals surface area (Å²) in [6.45, 7) is 2.05.